The maximum atomic E-state index is 12.1. The zero-order valence-corrected chi connectivity index (χ0v) is 29.0. The van der Waals surface area contributed by atoms with Crippen LogP contribution in [0.1, 0.15) is 129 Å². The normalized spacial score (nSPS) is 13.4. The zero-order chi connectivity index (χ0) is 33.6. The number of ether oxygens (including phenoxy) is 2. The SMILES string of the molecule is CCC=CCC=CCC=CCC=CCCCCCCC(=O)OC[C@H](CO)OC(=O)CCCCC=CCC=CCC=CCC=CCC. The first-order chi connectivity index (χ1) is 22.6. The summed E-state index contributed by atoms with van der Waals surface area (Å²) >= 11 is 0. The molecule has 0 bridgehead atoms. The van der Waals surface area contributed by atoms with Crippen LogP contribution < -0.4 is 0 Å². The van der Waals surface area contributed by atoms with Crippen LogP contribution in [0.4, 0.5) is 0 Å². The molecule has 0 heterocycles. The van der Waals surface area contributed by atoms with Crippen molar-refractivity contribution < 1.29 is 24.2 Å². The number of allylic oxidation sites excluding steroid dienone is 16. The number of aliphatic hydroxyl groups excluding tert-OH is 1. The maximum absolute atomic E-state index is 12.1. The summed E-state index contributed by atoms with van der Waals surface area (Å²) in [6, 6.07) is 0. The minimum absolute atomic E-state index is 0.102. The van der Waals surface area contributed by atoms with Crippen molar-refractivity contribution in [3.63, 3.8) is 0 Å². The van der Waals surface area contributed by atoms with Crippen LogP contribution in [-0.4, -0.2) is 36.4 Å². The van der Waals surface area contributed by atoms with Gasteiger partial charge in [-0.3, -0.25) is 9.59 Å². The van der Waals surface area contributed by atoms with Crippen molar-refractivity contribution in [2.24, 2.45) is 0 Å². The zero-order valence-electron chi connectivity index (χ0n) is 29.0. The van der Waals surface area contributed by atoms with E-state index in [9.17, 15) is 14.7 Å². The van der Waals surface area contributed by atoms with E-state index in [1.807, 2.05) is 0 Å². The average molecular weight is 637 g/mol. The quantitative estimate of drug-likeness (QED) is 0.0482. The molecule has 0 saturated carbocycles. The fourth-order valence-electron chi connectivity index (χ4n) is 4.24. The molecule has 0 fully saturated rings. The number of hydrogen-bond donors (Lipinski definition) is 1. The number of carbonyl (C=O) groups is 2. The van der Waals surface area contributed by atoms with Crippen LogP contribution in [0.15, 0.2) is 97.2 Å². The van der Waals surface area contributed by atoms with E-state index in [4.69, 9.17) is 9.47 Å². The van der Waals surface area contributed by atoms with E-state index in [0.29, 0.717) is 12.8 Å². The third kappa shape index (κ3) is 33.7. The van der Waals surface area contributed by atoms with Gasteiger partial charge in [0.2, 0.25) is 0 Å². The standard InChI is InChI=1S/C41H64O5/c1-3-5-7-9-11-13-15-17-19-20-22-23-25-27-29-31-33-35-40(43)45-38-39(37-42)46-41(44)36-34-32-30-28-26-24-21-18-16-14-12-10-8-6-4-2/h5-8,11-14,17-19,21-23,26,28,39,42H,3-4,9-10,15-16,20,24-25,27,29-38H2,1-2H3/t39-/m0/s1. The number of esters is 2. The summed E-state index contributed by atoms with van der Waals surface area (Å²) in [6.07, 6.45) is 50.3. The number of aliphatic hydroxyl groups is 1. The highest BCUT2D eigenvalue weighted by Crippen LogP contribution is 2.09. The molecular weight excluding hydrogens is 572 g/mol. The lowest BCUT2D eigenvalue weighted by molar-refractivity contribution is -0.161. The first-order valence-electron chi connectivity index (χ1n) is 17.8. The fraction of sp³-hybridized carbons (Fsp3) is 0.561. The topological polar surface area (TPSA) is 72.8 Å². The highest BCUT2D eigenvalue weighted by molar-refractivity contribution is 5.70. The van der Waals surface area contributed by atoms with Gasteiger partial charge in [-0.25, -0.2) is 0 Å². The van der Waals surface area contributed by atoms with Gasteiger partial charge in [0.15, 0.2) is 6.10 Å². The van der Waals surface area contributed by atoms with Crippen molar-refractivity contribution in [3.8, 4) is 0 Å². The Balaban J connectivity index is 3.74. The predicted molar refractivity (Wildman–Crippen MR) is 195 cm³/mol. The lowest BCUT2D eigenvalue weighted by atomic mass is 10.1. The van der Waals surface area contributed by atoms with Gasteiger partial charge >= 0.3 is 11.9 Å². The highest BCUT2D eigenvalue weighted by Gasteiger charge is 2.15. The van der Waals surface area contributed by atoms with Gasteiger partial charge < -0.3 is 14.6 Å². The molecule has 258 valence electrons. The highest BCUT2D eigenvalue weighted by atomic mass is 16.6. The molecule has 0 aromatic heterocycles. The molecule has 0 aromatic rings. The number of hydrogen-bond acceptors (Lipinski definition) is 5. The van der Waals surface area contributed by atoms with Crippen LogP contribution in [0.3, 0.4) is 0 Å². The minimum atomic E-state index is -0.808. The molecular formula is C41H64O5. The summed E-state index contributed by atoms with van der Waals surface area (Å²) in [5.41, 5.74) is 0. The molecule has 0 aliphatic carbocycles. The van der Waals surface area contributed by atoms with Gasteiger partial charge in [0.05, 0.1) is 6.61 Å². The Bertz CT molecular complexity index is 948. The molecule has 0 aliphatic heterocycles. The van der Waals surface area contributed by atoms with E-state index in [1.54, 1.807) is 0 Å². The molecule has 1 N–H and O–H groups in total. The first-order valence-corrected chi connectivity index (χ1v) is 17.8. The Kier molecular flexibility index (Phi) is 33.8. The third-order valence-corrected chi connectivity index (χ3v) is 6.87. The van der Waals surface area contributed by atoms with Crippen molar-refractivity contribution in [2.45, 2.75) is 136 Å². The fourth-order valence-corrected chi connectivity index (χ4v) is 4.24. The minimum Gasteiger partial charge on any atom is -0.462 e. The van der Waals surface area contributed by atoms with Crippen LogP contribution in [0.25, 0.3) is 0 Å². The van der Waals surface area contributed by atoms with E-state index >= 15 is 0 Å². The van der Waals surface area contributed by atoms with Crippen LogP contribution in [-0.2, 0) is 19.1 Å². The van der Waals surface area contributed by atoms with Crippen molar-refractivity contribution in [2.75, 3.05) is 13.2 Å². The van der Waals surface area contributed by atoms with E-state index in [1.165, 1.54) is 0 Å². The third-order valence-electron chi connectivity index (χ3n) is 6.87. The molecule has 0 unspecified atom stereocenters. The predicted octanol–water partition coefficient (Wildman–Crippen LogP) is 10.9. The molecule has 0 spiro atoms. The van der Waals surface area contributed by atoms with Crippen molar-refractivity contribution in [1.29, 1.82) is 0 Å². The van der Waals surface area contributed by atoms with E-state index < -0.39 is 6.10 Å². The summed E-state index contributed by atoms with van der Waals surface area (Å²) in [5, 5.41) is 9.52. The second kappa shape index (κ2) is 36.3. The molecule has 0 aromatic carbocycles. The summed E-state index contributed by atoms with van der Waals surface area (Å²) in [7, 11) is 0. The van der Waals surface area contributed by atoms with Crippen LogP contribution in [0.2, 0.25) is 0 Å². The van der Waals surface area contributed by atoms with Crippen LogP contribution >= 0.6 is 0 Å². The van der Waals surface area contributed by atoms with Crippen LogP contribution in [0, 0.1) is 0 Å². The average Bonchev–Trinajstić information content (AvgIpc) is 3.06. The van der Waals surface area contributed by atoms with Gasteiger partial charge in [-0.05, 0) is 89.9 Å². The summed E-state index contributed by atoms with van der Waals surface area (Å²) in [5.74, 6) is -0.681. The molecule has 5 heteroatoms. The molecule has 1 atom stereocenters. The van der Waals surface area contributed by atoms with Crippen molar-refractivity contribution in [3.05, 3.63) is 97.2 Å². The molecule has 0 amide bonds. The second-order valence-corrected chi connectivity index (χ2v) is 11.2. The van der Waals surface area contributed by atoms with Gasteiger partial charge in [0, 0.05) is 12.8 Å². The number of carbonyl (C=O) groups excluding carboxylic acids is 2. The Morgan fingerprint density at radius 1 is 0.500 bits per heavy atom. The van der Waals surface area contributed by atoms with Gasteiger partial charge in [0.25, 0.3) is 0 Å². The van der Waals surface area contributed by atoms with Gasteiger partial charge in [0.1, 0.15) is 6.61 Å². The van der Waals surface area contributed by atoms with E-state index in [0.717, 1.165) is 103 Å². The number of unbranched alkanes of at least 4 members (excludes halogenated alkanes) is 6. The molecule has 0 radical (unpaired) electrons. The van der Waals surface area contributed by atoms with Gasteiger partial charge in [-0.1, -0.05) is 124 Å². The molecule has 0 saturated heterocycles. The van der Waals surface area contributed by atoms with E-state index in [2.05, 4.69) is 111 Å². The second-order valence-electron chi connectivity index (χ2n) is 11.2. The first kappa shape index (κ1) is 42.8. The number of rotatable bonds is 30. The molecule has 5 nitrogen and oxygen atoms in total. The largest absolute Gasteiger partial charge is 0.462 e. The Labute approximate surface area is 281 Å². The molecule has 0 aliphatic rings. The molecule has 0 rings (SSSR count). The van der Waals surface area contributed by atoms with Crippen molar-refractivity contribution in [1.82, 2.24) is 0 Å². The smallest absolute Gasteiger partial charge is 0.306 e. The van der Waals surface area contributed by atoms with Gasteiger partial charge in [-0.15, -0.1) is 0 Å². The Morgan fingerprint density at radius 2 is 0.870 bits per heavy atom. The van der Waals surface area contributed by atoms with Crippen molar-refractivity contribution >= 4 is 11.9 Å². The van der Waals surface area contributed by atoms with E-state index in [-0.39, 0.29) is 25.2 Å². The summed E-state index contributed by atoms with van der Waals surface area (Å²) in [4.78, 5) is 24.2. The van der Waals surface area contributed by atoms with Gasteiger partial charge in [-0.2, -0.15) is 0 Å². The molecule has 46 heavy (non-hydrogen) atoms. The maximum Gasteiger partial charge on any atom is 0.306 e. The lowest BCUT2D eigenvalue weighted by Crippen LogP contribution is -2.28. The monoisotopic (exact) mass is 636 g/mol. The lowest BCUT2D eigenvalue weighted by Gasteiger charge is -2.15. The van der Waals surface area contributed by atoms with Crippen LogP contribution in [0.5, 0.6) is 0 Å². The summed E-state index contributed by atoms with van der Waals surface area (Å²) in [6.45, 7) is 3.82. The Hall–Kier alpha value is -3.18. The Morgan fingerprint density at radius 3 is 1.33 bits per heavy atom. The summed E-state index contributed by atoms with van der Waals surface area (Å²) < 4.78 is 10.5.